The van der Waals surface area contributed by atoms with Gasteiger partial charge in [-0.15, -0.1) is 0 Å². The van der Waals surface area contributed by atoms with Crippen LogP contribution in [-0.4, -0.2) is 31.0 Å². The van der Waals surface area contributed by atoms with E-state index in [-0.39, 0.29) is 16.2 Å². The lowest BCUT2D eigenvalue weighted by atomic mass is 10.1. The molecule has 1 heterocycles. The Bertz CT molecular complexity index is 1390. The van der Waals surface area contributed by atoms with Crippen molar-refractivity contribution in [3.05, 3.63) is 101 Å². The third kappa shape index (κ3) is 4.61. The van der Waals surface area contributed by atoms with E-state index >= 15 is 0 Å². The predicted octanol–water partition coefficient (Wildman–Crippen LogP) is 4.20. The maximum Gasteiger partial charge on any atom is 0.339 e. The topological polar surface area (TPSA) is 93.1 Å². The summed E-state index contributed by atoms with van der Waals surface area (Å²) in [5.74, 6) is -1.09. The van der Waals surface area contributed by atoms with Crippen molar-refractivity contribution in [2.45, 2.75) is 18.7 Å². The monoisotopic (exact) mass is 460 g/mol. The fraction of sp³-hybridized carbons (Fsp3) is 0.0800. The molecule has 166 valence electrons. The quantitative estimate of drug-likeness (QED) is 0.323. The first-order valence-corrected chi connectivity index (χ1v) is 11.5. The average Bonchev–Trinajstić information content (AvgIpc) is 3.09. The molecule has 0 unspecified atom stereocenters. The Morgan fingerprint density at radius 1 is 0.909 bits per heavy atom. The zero-order valence-electron chi connectivity index (χ0n) is 17.9. The number of hydrogen-bond acceptors (Lipinski definition) is 6. The summed E-state index contributed by atoms with van der Waals surface area (Å²) >= 11 is 0. The highest BCUT2D eigenvalue weighted by Gasteiger charge is 2.33. The normalized spacial score (nSPS) is 15.0. The number of hydrazone groups is 1. The molecule has 0 fully saturated rings. The molecule has 0 aliphatic carbocycles. The molecule has 0 spiro atoms. The van der Waals surface area contributed by atoms with Crippen molar-refractivity contribution in [2.24, 2.45) is 5.10 Å². The number of rotatable bonds is 5. The van der Waals surface area contributed by atoms with Gasteiger partial charge in [-0.3, -0.25) is 9.59 Å². The highest BCUT2D eigenvalue weighted by Crippen LogP contribution is 2.28. The van der Waals surface area contributed by atoms with Crippen molar-refractivity contribution in [2.75, 3.05) is 0 Å². The summed E-state index contributed by atoms with van der Waals surface area (Å²) in [6.07, 6.45) is 1.47. The molecule has 0 atom stereocenters. The Morgan fingerprint density at radius 3 is 2.24 bits per heavy atom. The van der Waals surface area contributed by atoms with E-state index in [1.165, 1.54) is 24.3 Å². The summed E-state index contributed by atoms with van der Waals surface area (Å²) in [5, 5.41) is 4.92. The van der Waals surface area contributed by atoms with Gasteiger partial charge in [-0.2, -0.15) is 18.5 Å². The molecule has 0 radical (unpaired) electrons. The van der Waals surface area contributed by atoms with Crippen LogP contribution in [0.5, 0.6) is 5.75 Å². The molecule has 0 aromatic heterocycles. The van der Waals surface area contributed by atoms with Gasteiger partial charge in [0, 0.05) is 11.1 Å². The minimum atomic E-state index is -4.08. The lowest BCUT2D eigenvalue weighted by Crippen LogP contribution is -2.29. The van der Waals surface area contributed by atoms with E-state index in [9.17, 15) is 18.0 Å². The van der Waals surface area contributed by atoms with Gasteiger partial charge in [0.15, 0.2) is 0 Å². The van der Waals surface area contributed by atoms with Gasteiger partial charge < -0.3 is 4.18 Å². The number of para-hydroxylation sites is 1. The second-order valence-corrected chi connectivity index (χ2v) is 8.97. The van der Waals surface area contributed by atoms with E-state index in [4.69, 9.17) is 4.18 Å². The molecule has 1 aliphatic rings. The lowest BCUT2D eigenvalue weighted by molar-refractivity contribution is -0.123. The SMILES string of the molecule is CC1=NN(C(=O)c2ccccc2)C(=O)/C1=C/c1ccccc1OS(=O)(=O)c1ccc(C)cc1. The van der Waals surface area contributed by atoms with Gasteiger partial charge in [0.1, 0.15) is 10.6 Å². The molecule has 2 amide bonds. The molecule has 0 saturated heterocycles. The van der Waals surface area contributed by atoms with Gasteiger partial charge >= 0.3 is 10.1 Å². The first-order chi connectivity index (χ1) is 15.8. The number of hydrogen-bond donors (Lipinski definition) is 0. The van der Waals surface area contributed by atoms with Crippen LogP contribution >= 0.6 is 0 Å². The molecular formula is C25H20N2O5S. The predicted molar refractivity (Wildman–Crippen MR) is 124 cm³/mol. The Labute approximate surface area is 191 Å². The van der Waals surface area contributed by atoms with Crippen LogP contribution in [-0.2, 0) is 14.9 Å². The van der Waals surface area contributed by atoms with Gasteiger partial charge in [-0.1, -0.05) is 54.1 Å². The zero-order valence-corrected chi connectivity index (χ0v) is 18.7. The van der Waals surface area contributed by atoms with Gasteiger partial charge in [0.05, 0.1) is 11.3 Å². The molecule has 3 aromatic carbocycles. The Morgan fingerprint density at radius 2 is 1.55 bits per heavy atom. The van der Waals surface area contributed by atoms with Crippen molar-refractivity contribution in [1.29, 1.82) is 0 Å². The van der Waals surface area contributed by atoms with Crippen LogP contribution in [0.1, 0.15) is 28.4 Å². The van der Waals surface area contributed by atoms with Crippen LogP contribution in [0.4, 0.5) is 0 Å². The molecule has 8 heteroatoms. The summed E-state index contributed by atoms with van der Waals surface area (Å²) in [4.78, 5) is 25.7. The van der Waals surface area contributed by atoms with Gasteiger partial charge in [0.25, 0.3) is 11.8 Å². The smallest absolute Gasteiger partial charge is 0.339 e. The molecule has 0 N–H and O–H groups in total. The van der Waals surface area contributed by atoms with Crippen molar-refractivity contribution >= 4 is 33.7 Å². The van der Waals surface area contributed by atoms with Crippen LogP contribution in [0.15, 0.2) is 94.4 Å². The Hall–Kier alpha value is -4.04. The standard InChI is InChI=1S/C25H20N2O5S/c1-17-12-14-21(15-13-17)33(30,31)32-23-11-7-6-10-20(23)16-22-18(2)26-27(25(22)29)24(28)19-8-4-3-5-9-19/h3-16H,1-2H3/b22-16+. The zero-order chi connectivity index (χ0) is 23.6. The molecule has 7 nitrogen and oxygen atoms in total. The third-order valence-corrected chi connectivity index (χ3v) is 6.25. The van der Waals surface area contributed by atoms with E-state index in [1.807, 2.05) is 6.92 Å². The van der Waals surface area contributed by atoms with E-state index < -0.39 is 21.9 Å². The minimum Gasteiger partial charge on any atom is -0.378 e. The summed E-state index contributed by atoms with van der Waals surface area (Å²) in [5.41, 5.74) is 2.11. The third-order valence-electron chi connectivity index (χ3n) is 5.00. The van der Waals surface area contributed by atoms with Crippen molar-refractivity contribution in [1.82, 2.24) is 5.01 Å². The van der Waals surface area contributed by atoms with Crippen LogP contribution in [0.25, 0.3) is 6.08 Å². The average molecular weight is 461 g/mol. The molecule has 0 bridgehead atoms. The second-order valence-electron chi connectivity index (χ2n) is 7.42. The molecular weight excluding hydrogens is 440 g/mol. The highest BCUT2D eigenvalue weighted by atomic mass is 32.2. The number of carbonyl (C=O) groups is 2. The van der Waals surface area contributed by atoms with E-state index in [1.54, 1.807) is 67.6 Å². The lowest BCUT2D eigenvalue weighted by Gasteiger charge is -2.11. The maximum absolute atomic E-state index is 12.9. The van der Waals surface area contributed by atoms with Crippen molar-refractivity contribution in [3.63, 3.8) is 0 Å². The number of carbonyl (C=O) groups excluding carboxylic acids is 2. The van der Waals surface area contributed by atoms with Crippen molar-refractivity contribution in [3.8, 4) is 5.75 Å². The minimum absolute atomic E-state index is 0.0184. The van der Waals surface area contributed by atoms with Crippen LogP contribution < -0.4 is 4.18 Å². The number of nitrogens with zero attached hydrogens (tertiary/aromatic N) is 2. The van der Waals surface area contributed by atoms with E-state index in [2.05, 4.69) is 5.10 Å². The van der Waals surface area contributed by atoms with E-state index in [0.717, 1.165) is 10.6 Å². The van der Waals surface area contributed by atoms with Gasteiger partial charge in [-0.05, 0) is 50.3 Å². The Kier molecular flexibility index (Phi) is 5.93. The first kappa shape index (κ1) is 22.2. The summed E-state index contributed by atoms with van der Waals surface area (Å²) < 4.78 is 30.9. The summed E-state index contributed by atoms with van der Waals surface area (Å²) in [6.45, 7) is 3.46. The number of benzene rings is 3. The summed E-state index contributed by atoms with van der Waals surface area (Å²) in [6, 6.07) is 21.1. The van der Waals surface area contributed by atoms with Crippen LogP contribution in [0.2, 0.25) is 0 Å². The number of aryl methyl sites for hydroxylation is 1. The first-order valence-electron chi connectivity index (χ1n) is 10.1. The highest BCUT2D eigenvalue weighted by molar-refractivity contribution is 7.87. The summed E-state index contributed by atoms with van der Waals surface area (Å²) in [7, 11) is -4.08. The fourth-order valence-corrected chi connectivity index (χ4v) is 4.18. The fourth-order valence-electron chi connectivity index (χ4n) is 3.23. The largest absolute Gasteiger partial charge is 0.378 e. The number of imide groups is 1. The molecule has 4 rings (SSSR count). The second kappa shape index (κ2) is 8.84. The van der Waals surface area contributed by atoms with Gasteiger partial charge in [0.2, 0.25) is 0 Å². The van der Waals surface area contributed by atoms with Crippen molar-refractivity contribution < 1.29 is 22.2 Å². The van der Waals surface area contributed by atoms with Gasteiger partial charge in [-0.25, -0.2) is 0 Å². The molecule has 1 aliphatic heterocycles. The Balaban J connectivity index is 1.64. The van der Waals surface area contributed by atoms with Crippen LogP contribution in [0.3, 0.4) is 0 Å². The van der Waals surface area contributed by atoms with Crippen LogP contribution in [0, 0.1) is 6.92 Å². The maximum atomic E-state index is 12.9. The molecule has 0 saturated carbocycles. The molecule has 3 aromatic rings. The molecule has 33 heavy (non-hydrogen) atoms. The number of amides is 2. The van der Waals surface area contributed by atoms with E-state index in [0.29, 0.717) is 16.8 Å².